The normalized spacial score (nSPS) is 15.1. The first-order valence-electron chi connectivity index (χ1n) is 4.94. The van der Waals surface area contributed by atoms with Gasteiger partial charge in [0, 0.05) is 12.6 Å². The van der Waals surface area contributed by atoms with Gasteiger partial charge < -0.3 is 9.64 Å². The van der Waals surface area contributed by atoms with Gasteiger partial charge in [0.1, 0.15) is 4.83 Å². The molecule has 0 N–H and O–H groups in total. The van der Waals surface area contributed by atoms with E-state index in [1.165, 1.54) is 7.11 Å². The average molecular weight is 298 g/mol. The van der Waals surface area contributed by atoms with Gasteiger partial charge in [0.05, 0.1) is 7.11 Å². The van der Waals surface area contributed by atoms with Crippen molar-refractivity contribution in [2.75, 3.05) is 32.7 Å². The van der Waals surface area contributed by atoms with Gasteiger partial charge >= 0.3 is 5.97 Å². The first-order valence-corrected chi connectivity index (χ1v) is 7.25. The van der Waals surface area contributed by atoms with Crippen molar-refractivity contribution in [1.29, 1.82) is 0 Å². The van der Waals surface area contributed by atoms with Crippen LogP contribution >= 0.6 is 27.7 Å². The van der Waals surface area contributed by atoms with E-state index >= 15 is 0 Å². The molecule has 0 saturated heterocycles. The first kappa shape index (κ1) is 15.3. The van der Waals surface area contributed by atoms with Crippen LogP contribution in [0.2, 0.25) is 0 Å². The molecule has 0 aliphatic carbocycles. The summed E-state index contributed by atoms with van der Waals surface area (Å²) in [6.07, 6.45) is 3.24. The highest BCUT2D eigenvalue weighted by atomic mass is 79.9. The van der Waals surface area contributed by atoms with Gasteiger partial charge in [0.15, 0.2) is 0 Å². The predicted octanol–water partition coefficient (Wildman–Crippen LogP) is 2.00. The molecule has 5 heteroatoms. The van der Waals surface area contributed by atoms with Gasteiger partial charge in [-0.25, -0.2) is 0 Å². The lowest BCUT2D eigenvalue weighted by Crippen LogP contribution is -2.37. The van der Waals surface area contributed by atoms with Gasteiger partial charge in [-0.3, -0.25) is 4.79 Å². The predicted molar refractivity (Wildman–Crippen MR) is 69.8 cm³/mol. The molecule has 0 spiro atoms. The Morgan fingerprint density at radius 2 is 2.20 bits per heavy atom. The molecular weight excluding hydrogens is 278 g/mol. The van der Waals surface area contributed by atoms with Crippen molar-refractivity contribution in [3.05, 3.63) is 0 Å². The summed E-state index contributed by atoms with van der Waals surface area (Å²) in [5.74, 6) is 0.940. The number of alkyl halides is 1. The molecule has 0 amide bonds. The summed E-state index contributed by atoms with van der Waals surface area (Å²) in [6.45, 7) is 2.86. The Morgan fingerprint density at radius 1 is 1.60 bits per heavy atom. The van der Waals surface area contributed by atoms with Gasteiger partial charge in [-0.05, 0) is 32.4 Å². The number of nitrogens with zero attached hydrogens (tertiary/aromatic N) is 1. The molecule has 0 heterocycles. The van der Waals surface area contributed by atoms with Crippen molar-refractivity contribution < 1.29 is 9.53 Å². The summed E-state index contributed by atoms with van der Waals surface area (Å²) >= 11 is 5.17. The molecule has 0 aliphatic rings. The van der Waals surface area contributed by atoms with Gasteiger partial charge in [0.2, 0.25) is 0 Å². The number of methoxy groups -OCH3 is 1. The second-order valence-corrected chi connectivity index (χ2v) is 5.65. The fourth-order valence-corrected chi connectivity index (χ4v) is 2.36. The Hall–Kier alpha value is 0.260. The second kappa shape index (κ2) is 8.42. The minimum Gasteiger partial charge on any atom is -0.468 e. The first-order chi connectivity index (χ1) is 7.02. The molecule has 3 nitrogen and oxygen atoms in total. The number of carbonyl (C=O) groups excluding carboxylic acids is 1. The average Bonchev–Trinajstić information content (AvgIpc) is 2.24. The van der Waals surface area contributed by atoms with Crippen molar-refractivity contribution in [1.82, 2.24) is 4.90 Å². The molecule has 90 valence electrons. The van der Waals surface area contributed by atoms with Crippen LogP contribution in [0.5, 0.6) is 0 Å². The molecule has 2 atom stereocenters. The number of carbonyl (C=O) groups is 1. The third-order valence-corrected chi connectivity index (χ3v) is 3.70. The van der Waals surface area contributed by atoms with E-state index in [9.17, 15) is 4.79 Å². The minimum absolute atomic E-state index is 0.209. The summed E-state index contributed by atoms with van der Waals surface area (Å²) in [7, 11) is 3.44. The third kappa shape index (κ3) is 6.43. The number of hydrogen-bond donors (Lipinski definition) is 0. The van der Waals surface area contributed by atoms with Crippen molar-refractivity contribution in [3.63, 3.8) is 0 Å². The maximum atomic E-state index is 11.2. The maximum absolute atomic E-state index is 11.2. The third-order valence-electron chi connectivity index (χ3n) is 2.40. The SMILES string of the molecule is COC(=O)C(Br)CN(C)C(C)CCSC. The fourth-order valence-electron chi connectivity index (χ4n) is 1.14. The summed E-state index contributed by atoms with van der Waals surface area (Å²) in [4.78, 5) is 13.1. The molecule has 0 fully saturated rings. The van der Waals surface area contributed by atoms with E-state index in [0.29, 0.717) is 12.6 Å². The Bertz CT molecular complexity index is 192. The quantitative estimate of drug-likeness (QED) is 0.531. The summed E-state index contributed by atoms with van der Waals surface area (Å²) in [5.41, 5.74) is 0. The maximum Gasteiger partial charge on any atom is 0.320 e. The van der Waals surface area contributed by atoms with E-state index in [1.54, 1.807) is 0 Å². The summed E-state index contributed by atoms with van der Waals surface area (Å²) < 4.78 is 4.66. The van der Waals surface area contributed by atoms with E-state index in [-0.39, 0.29) is 10.8 Å². The largest absolute Gasteiger partial charge is 0.468 e. The van der Waals surface area contributed by atoms with E-state index in [1.807, 2.05) is 18.8 Å². The minimum atomic E-state index is -0.232. The highest BCUT2D eigenvalue weighted by molar-refractivity contribution is 9.10. The fraction of sp³-hybridized carbons (Fsp3) is 0.900. The molecule has 15 heavy (non-hydrogen) atoms. The van der Waals surface area contributed by atoms with E-state index in [4.69, 9.17) is 0 Å². The van der Waals surface area contributed by atoms with Crippen LogP contribution in [0.1, 0.15) is 13.3 Å². The van der Waals surface area contributed by atoms with Gasteiger partial charge in [-0.15, -0.1) is 0 Å². The molecule has 0 bridgehead atoms. The second-order valence-electron chi connectivity index (χ2n) is 3.56. The zero-order valence-corrected chi connectivity index (χ0v) is 12.2. The summed E-state index contributed by atoms with van der Waals surface area (Å²) in [5, 5.41) is 0. The van der Waals surface area contributed by atoms with Crippen LogP contribution in [-0.2, 0) is 9.53 Å². The van der Waals surface area contributed by atoms with Crippen LogP contribution in [0.25, 0.3) is 0 Å². The zero-order chi connectivity index (χ0) is 11.8. The highest BCUT2D eigenvalue weighted by Gasteiger charge is 2.19. The molecule has 0 saturated carbocycles. The molecule has 0 aliphatic heterocycles. The standard InChI is InChI=1S/C10H20BrNO2S/c1-8(5-6-15-4)12(2)7-9(11)10(13)14-3/h8-9H,5-7H2,1-4H3. The number of esters is 1. The number of thioether (sulfide) groups is 1. The lowest BCUT2D eigenvalue weighted by Gasteiger charge is -2.25. The van der Waals surface area contributed by atoms with Gasteiger partial charge in [-0.1, -0.05) is 15.9 Å². The topological polar surface area (TPSA) is 29.5 Å². The number of halogens is 1. The molecule has 0 radical (unpaired) electrons. The van der Waals surface area contributed by atoms with Crippen LogP contribution in [0.4, 0.5) is 0 Å². The highest BCUT2D eigenvalue weighted by Crippen LogP contribution is 2.10. The zero-order valence-electron chi connectivity index (χ0n) is 9.83. The lowest BCUT2D eigenvalue weighted by molar-refractivity contribution is -0.140. The van der Waals surface area contributed by atoms with Crippen molar-refractivity contribution in [2.24, 2.45) is 0 Å². The van der Waals surface area contributed by atoms with E-state index in [0.717, 1.165) is 12.2 Å². The van der Waals surface area contributed by atoms with Gasteiger partial charge in [-0.2, -0.15) is 11.8 Å². The molecule has 0 aromatic heterocycles. The molecule has 2 unspecified atom stereocenters. The molecular formula is C10H20BrNO2S. The smallest absolute Gasteiger partial charge is 0.320 e. The number of ether oxygens (including phenoxy) is 1. The molecule has 0 rings (SSSR count). The Morgan fingerprint density at radius 3 is 2.67 bits per heavy atom. The Kier molecular flexibility index (Phi) is 8.56. The Labute approximate surface area is 105 Å². The van der Waals surface area contributed by atoms with Crippen molar-refractivity contribution >= 4 is 33.7 Å². The van der Waals surface area contributed by atoms with Crippen LogP contribution in [0.15, 0.2) is 0 Å². The number of hydrogen-bond acceptors (Lipinski definition) is 4. The molecule has 0 aromatic rings. The van der Waals surface area contributed by atoms with Crippen LogP contribution < -0.4 is 0 Å². The van der Waals surface area contributed by atoms with Crippen LogP contribution in [0, 0.1) is 0 Å². The van der Waals surface area contributed by atoms with Crippen LogP contribution in [-0.4, -0.2) is 54.4 Å². The van der Waals surface area contributed by atoms with E-state index in [2.05, 4.69) is 38.7 Å². The van der Waals surface area contributed by atoms with Gasteiger partial charge in [0.25, 0.3) is 0 Å². The lowest BCUT2D eigenvalue weighted by atomic mass is 10.2. The monoisotopic (exact) mass is 297 g/mol. The molecule has 0 aromatic carbocycles. The summed E-state index contributed by atoms with van der Waals surface area (Å²) in [6, 6.07) is 0.488. The number of rotatable bonds is 7. The van der Waals surface area contributed by atoms with Crippen LogP contribution in [0.3, 0.4) is 0 Å². The van der Waals surface area contributed by atoms with E-state index < -0.39 is 0 Å². The van der Waals surface area contributed by atoms with Crippen molar-refractivity contribution in [3.8, 4) is 0 Å². The van der Waals surface area contributed by atoms with Crippen molar-refractivity contribution in [2.45, 2.75) is 24.2 Å². The Balaban J connectivity index is 3.89.